The Kier molecular flexibility index (Phi) is 4.89. The number of halogens is 1. The molecule has 2 rings (SSSR count). The lowest BCUT2D eigenvalue weighted by molar-refractivity contribution is 0.382. The van der Waals surface area contributed by atoms with Gasteiger partial charge in [0, 0.05) is 12.4 Å². The normalized spacial score (nSPS) is 12.0. The van der Waals surface area contributed by atoms with E-state index in [0.29, 0.717) is 11.6 Å². The van der Waals surface area contributed by atoms with Crippen molar-refractivity contribution in [1.82, 2.24) is 15.4 Å². The van der Waals surface area contributed by atoms with Crippen LogP contribution >= 0.6 is 15.9 Å². The number of nitrogens with zero attached hydrogens (tertiary/aromatic N) is 2. The fourth-order valence-corrected chi connectivity index (χ4v) is 2.44. The van der Waals surface area contributed by atoms with Gasteiger partial charge in [0.2, 0.25) is 5.88 Å². The first kappa shape index (κ1) is 14.7. The molecule has 0 aliphatic rings. The molecule has 0 saturated heterocycles. The van der Waals surface area contributed by atoms with Crippen molar-refractivity contribution in [3.8, 4) is 11.6 Å². The second kappa shape index (κ2) is 6.65. The van der Waals surface area contributed by atoms with E-state index in [1.54, 1.807) is 26.6 Å². The summed E-state index contributed by atoms with van der Waals surface area (Å²) in [6.07, 6.45) is 3.17. The largest absolute Gasteiger partial charge is 0.496 e. The van der Waals surface area contributed by atoms with E-state index in [-0.39, 0.29) is 6.04 Å². The van der Waals surface area contributed by atoms with Gasteiger partial charge in [0.1, 0.15) is 11.4 Å². The first-order valence-corrected chi connectivity index (χ1v) is 6.65. The van der Waals surface area contributed by atoms with Crippen LogP contribution in [-0.2, 0) is 0 Å². The molecular weight excluding hydrogens is 324 g/mol. The smallest absolute Gasteiger partial charge is 0.237 e. The Balaban J connectivity index is 2.44. The molecule has 0 aliphatic carbocycles. The Morgan fingerprint density at radius 3 is 2.55 bits per heavy atom. The Bertz CT molecular complexity index is 594. The van der Waals surface area contributed by atoms with Crippen LogP contribution in [-0.4, -0.2) is 24.2 Å². The van der Waals surface area contributed by atoms with Crippen LogP contribution in [0.15, 0.2) is 35.1 Å². The minimum Gasteiger partial charge on any atom is -0.496 e. The quantitative estimate of drug-likeness (QED) is 0.639. The maximum absolute atomic E-state index is 5.66. The van der Waals surface area contributed by atoms with E-state index in [4.69, 9.17) is 15.3 Å². The number of benzene rings is 1. The minimum absolute atomic E-state index is 0.333. The van der Waals surface area contributed by atoms with E-state index in [2.05, 4.69) is 31.3 Å². The van der Waals surface area contributed by atoms with E-state index in [1.165, 1.54) is 0 Å². The van der Waals surface area contributed by atoms with Gasteiger partial charge >= 0.3 is 0 Å². The molecule has 1 unspecified atom stereocenters. The van der Waals surface area contributed by atoms with Gasteiger partial charge in [-0.3, -0.25) is 10.8 Å². The predicted molar refractivity (Wildman–Crippen MR) is 78.4 cm³/mol. The van der Waals surface area contributed by atoms with Crippen LogP contribution in [0, 0.1) is 0 Å². The number of nitrogens with two attached hydrogens (primary N) is 1. The van der Waals surface area contributed by atoms with Gasteiger partial charge in [-0.05, 0) is 33.6 Å². The Morgan fingerprint density at radius 2 is 1.95 bits per heavy atom. The number of methoxy groups -OCH3 is 2. The summed E-state index contributed by atoms with van der Waals surface area (Å²) < 4.78 is 11.3. The van der Waals surface area contributed by atoms with Crippen molar-refractivity contribution in [2.24, 2.45) is 5.84 Å². The average molecular weight is 339 g/mol. The lowest BCUT2D eigenvalue weighted by Crippen LogP contribution is -2.30. The lowest BCUT2D eigenvalue weighted by Gasteiger charge is -2.18. The highest BCUT2D eigenvalue weighted by Gasteiger charge is 2.20. The van der Waals surface area contributed by atoms with Gasteiger partial charge in [0.05, 0.1) is 24.7 Å². The molecule has 0 bridgehead atoms. The second-order valence-electron chi connectivity index (χ2n) is 3.94. The van der Waals surface area contributed by atoms with Crippen molar-refractivity contribution in [2.45, 2.75) is 6.04 Å². The van der Waals surface area contributed by atoms with Gasteiger partial charge in [0.15, 0.2) is 0 Å². The van der Waals surface area contributed by atoms with E-state index in [1.807, 2.05) is 18.2 Å². The van der Waals surface area contributed by atoms with E-state index >= 15 is 0 Å². The molecule has 0 saturated carbocycles. The second-order valence-corrected chi connectivity index (χ2v) is 4.80. The van der Waals surface area contributed by atoms with Crippen LogP contribution in [0.2, 0.25) is 0 Å². The topological polar surface area (TPSA) is 82.3 Å². The summed E-state index contributed by atoms with van der Waals surface area (Å²) >= 11 is 3.45. The highest BCUT2D eigenvalue weighted by Crippen LogP contribution is 2.31. The maximum atomic E-state index is 5.66. The number of rotatable bonds is 5. The number of hydrogen-bond acceptors (Lipinski definition) is 6. The number of aromatic nitrogens is 2. The number of nitrogens with one attached hydrogen (secondary N) is 1. The van der Waals surface area contributed by atoms with Crippen molar-refractivity contribution in [3.05, 3.63) is 46.3 Å². The molecular formula is C13H15BrN4O2. The van der Waals surface area contributed by atoms with Crippen molar-refractivity contribution < 1.29 is 9.47 Å². The summed E-state index contributed by atoms with van der Waals surface area (Å²) in [5.41, 5.74) is 4.27. The lowest BCUT2D eigenvalue weighted by atomic mass is 10.0. The van der Waals surface area contributed by atoms with E-state index < -0.39 is 0 Å². The summed E-state index contributed by atoms with van der Waals surface area (Å²) in [6, 6.07) is 5.34. The van der Waals surface area contributed by atoms with Crippen molar-refractivity contribution in [1.29, 1.82) is 0 Å². The highest BCUT2D eigenvalue weighted by molar-refractivity contribution is 9.10. The van der Waals surface area contributed by atoms with Crippen LogP contribution in [0.3, 0.4) is 0 Å². The summed E-state index contributed by atoms with van der Waals surface area (Å²) in [7, 11) is 3.16. The molecule has 1 aromatic heterocycles. The molecule has 6 nitrogen and oxygen atoms in total. The summed E-state index contributed by atoms with van der Waals surface area (Å²) in [6.45, 7) is 0. The van der Waals surface area contributed by atoms with Crippen LogP contribution in [0.4, 0.5) is 0 Å². The molecule has 0 radical (unpaired) electrons. The SMILES string of the molecule is COc1ccc(C(NN)c2nccnc2OC)cc1Br. The third kappa shape index (κ3) is 2.90. The maximum Gasteiger partial charge on any atom is 0.237 e. The molecule has 1 atom stereocenters. The van der Waals surface area contributed by atoms with Crippen LogP contribution in [0.1, 0.15) is 17.3 Å². The molecule has 106 valence electrons. The van der Waals surface area contributed by atoms with Crippen LogP contribution in [0.5, 0.6) is 11.6 Å². The molecule has 2 aromatic rings. The first-order chi connectivity index (χ1) is 9.71. The van der Waals surface area contributed by atoms with Gasteiger partial charge in [-0.25, -0.2) is 10.4 Å². The third-order valence-electron chi connectivity index (χ3n) is 2.83. The van der Waals surface area contributed by atoms with Gasteiger partial charge < -0.3 is 9.47 Å². The van der Waals surface area contributed by atoms with Crippen LogP contribution < -0.4 is 20.7 Å². The van der Waals surface area contributed by atoms with Crippen molar-refractivity contribution in [3.63, 3.8) is 0 Å². The third-order valence-corrected chi connectivity index (χ3v) is 3.45. The zero-order valence-corrected chi connectivity index (χ0v) is 12.7. The van der Waals surface area contributed by atoms with Gasteiger partial charge in [-0.1, -0.05) is 6.07 Å². The van der Waals surface area contributed by atoms with E-state index in [0.717, 1.165) is 15.8 Å². The highest BCUT2D eigenvalue weighted by atomic mass is 79.9. The van der Waals surface area contributed by atoms with Crippen LogP contribution in [0.25, 0.3) is 0 Å². The Hall–Kier alpha value is -1.70. The minimum atomic E-state index is -0.333. The fourth-order valence-electron chi connectivity index (χ4n) is 1.89. The monoisotopic (exact) mass is 338 g/mol. The summed E-state index contributed by atoms with van der Waals surface area (Å²) in [5.74, 6) is 6.84. The molecule has 1 aromatic carbocycles. The molecule has 0 amide bonds. The molecule has 0 fully saturated rings. The first-order valence-electron chi connectivity index (χ1n) is 5.85. The number of ether oxygens (including phenoxy) is 2. The predicted octanol–water partition coefficient (Wildman–Crippen LogP) is 1.81. The van der Waals surface area contributed by atoms with E-state index in [9.17, 15) is 0 Å². The molecule has 7 heteroatoms. The van der Waals surface area contributed by atoms with Crippen molar-refractivity contribution >= 4 is 15.9 Å². The standard InChI is InChI=1S/C13H15BrN4O2/c1-19-10-4-3-8(7-9(10)14)11(18-15)12-13(20-2)17-6-5-16-12/h3-7,11,18H,15H2,1-2H3. The zero-order chi connectivity index (χ0) is 14.5. The van der Waals surface area contributed by atoms with Gasteiger partial charge in [-0.2, -0.15) is 0 Å². The average Bonchev–Trinajstić information content (AvgIpc) is 2.49. The van der Waals surface area contributed by atoms with Crippen molar-refractivity contribution in [2.75, 3.05) is 14.2 Å². The van der Waals surface area contributed by atoms with Gasteiger partial charge in [-0.15, -0.1) is 0 Å². The molecule has 0 spiro atoms. The number of hydrogen-bond donors (Lipinski definition) is 2. The summed E-state index contributed by atoms with van der Waals surface area (Å²) in [5, 5.41) is 0. The summed E-state index contributed by atoms with van der Waals surface area (Å²) in [4.78, 5) is 8.42. The Morgan fingerprint density at radius 1 is 1.20 bits per heavy atom. The molecule has 1 heterocycles. The molecule has 20 heavy (non-hydrogen) atoms. The zero-order valence-electron chi connectivity index (χ0n) is 11.1. The molecule has 3 N–H and O–H groups in total. The Labute approximate surface area is 125 Å². The molecule has 0 aliphatic heterocycles. The number of hydrazine groups is 1. The van der Waals surface area contributed by atoms with Gasteiger partial charge in [0.25, 0.3) is 0 Å². The fraction of sp³-hybridized carbons (Fsp3) is 0.231.